The predicted octanol–water partition coefficient (Wildman–Crippen LogP) is 5.45. The van der Waals surface area contributed by atoms with Gasteiger partial charge in [0.25, 0.3) is 0 Å². The first-order chi connectivity index (χ1) is 15.1. The Morgan fingerprint density at radius 3 is 2.34 bits per heavy atom. The van der Waals surface area contributed by atoms with Crippen LogP contribution >= 0.6 is 23.2 Å². The van der Waals surface area contributed by atoms with Crippen molar-refractivity contribution in [2.45, 2.75) is 26.5 Å². The van der Waals surface area contributed by atoms with Crippen molar-refractivity contribution < 1.29 is 24.2 Å². The van der Waals surface area contributed by atoms with Crippen LogP contribution in [0.25, 0.3) is 5.57 Å². The average molecular weight is 478 g/mol. The molecular weight excluding hydrogens is 457 g/mol. The van der Waals surface area contributed by atoms with E-state index in [0.29, 0.717) is 38.2 Å². The van der Waals surface area contributed by atoms with E-state index in [0.717, 1.165) is 0 Å². The maximum atomic E-state index is 12.6. The first kappa shape index (κ1) is 23.4. The fraction of sp³-hybridized carbons (Fsp3) is 0.227. The molecule has 1 atom stereocenters. The van der Waals surface area contributed by atoms with E-state index in [9.17, 15) is 14.4 Å². The first-order valence-electron chi connectivity index (χ1n) is 9.70. The molecule has 1 heterocycles. The Morgan fingerprint density at radius 2 is 1.75 bits per heavy atom. The number of ether oxygens (including phenoxy) is 1. The summed E-state index contributed by atoms with van der Waals surface area (Å²) in [6.07, 6.45) is -0.926. The van der Waals surface area contributed by atoms with E-state index in [1.165, 1.54) is 12.1 Å². The quantitative estimate of drug-likeness (QED) is 0.336. The lowest BCUT2D eigenvalue weighted by molar-refractivity contribution is -0.119. The van der Waals surface area contributed by atoms with Crippen LogP contribution < -0.4 is 16.0 Å². The lowest BCUT2D eigenvalue weighted by Crippen LogP contribution is -2.30. The van der Waals surface area contributed by atoms with Crippen molar-refractivity contribution in [2.24, 2.45) is 5.92 Å². The predicted molar refractivity (Wildman–Crippen MR) is 124 cm³/mol. The van der Waals surface area contributed by atoms with Gasteiger partial charge < -0.3 is 25.8 Å². The summed E-state index contributed by atoms with van der Waals surface area (Å²) >= 11 is 12.4. The highest BCUT2D eigenvalue weighted by molar-refractivity contribution is 6.36. The summed E-state index contributed by atoms with van der Waals surface area (Å²) in [7, 11) is 0. The molecule has 1 unspecified atom stereocenters. The lowest BCUT2D eigenvalue weighted by Gasteiger charge is -2.28. The van der Waals surface area contributed by atoms with Gasteiger partial charge in [-0.25, -0.2) is 4.79 Å². The number of amides is 2. The van der Waals surface area contributed by atoms with E-state index in [2.05, 4.69) is 16.0 Å². The van der Waals surface area contributed by atoms with Crippen molar-refractivity contribution in [2.75, 3.05) is 16.0 Å². The Balaban J connectivity index is 1.80. The number of rotatable bonds is 5. The van der Waals surface area contributed by atoms with E-state index in [1.54, 1.807) is 44.2 Å². The molecule has 168 valence electrons. The highest BCUT2D eigenvalue weighted by Crippen LogP contribution is 2.40. The fourth-order valence-corrected chi connectivity index (χ4v) is 3.74. The van der Waals surface area contributed by atoms with Gasteiger partial charge in [0.2, 0.25) is 11.8 Å². The molecule has 0 saturated carbocycles. The topological polar surface area (TPSA) is 117 Å². The number of carbonyl (C=O) groups excluding carboxylic acids is 2. The van der Waals surface area contributed by atoms with Crippen LogP contribution in [0.4, 0.5) is 21.9 Å². The SMILES string of the molecule is CC(C)C(=O)Nc1ccc(NC(=O)/C=C2\CC(OC(=O)O)Nc3cc(Cl)cc(Cl)c32)cc1. The first-order valence-corrected chi connectivity index (χ1v) is 10.5. The van der Waals surface area contributed by atoms with Crippen molar-refractivity contribution in [1.29, 1.82) is 0 Å². The van der Waals surface area contributed by atoms with Gasteiger partial charge in [0, 0.05) is 46.1 Å². The van der Waals surface area contributed by atoms with Gasteiger partial charge in [0.05, 0.1) is 5.02 Å². The number of nitrogens with one attached hydrogen (secondary N) is 3. The number of carboxylic acid groups (broad SMARTS) is 1. The molecule has 0 radical (unpaired) electrons. The zero-order chi connectivity index (χ0) is 23.4. The molecule has 2 aromatic carbocycles. The summed E-state index contributed by atoms with van der Waals surface area (Å²) < 4.78 is 4.83. The summed E-state index contributed by atoms with van der Waals surface area (Å²) in [4.78, 5) is 35.4. The number of hydrogen-bond donors (Lipinski definition) is 4. The summed E-state index contributed by atoms with van der Waals surface area (Å²) in [5.41, 5.74) is 2.63. The van der Waals surface area contributed by atoms with Crippen molar-refractivity contribution in [1.82, 2.24) is 0 Å². The van der Waals surface area contributed by atoms with Crippen LogP contribution in [-0.4, -0.2) is 29.3 Å². The zero-order valence-electron chi connectivity index (χ0n) is 17.2. The van der Waals surface area contributed by atoms with Crippen LogP contribution in [0.1, 0.15) is 25.8 Å². The minimum Gasteiger partial charge on any atom is -0.450 e. The second-order valence-corrected chi connectivity index (χ2v) is 8.25. The van der Waals surface area contributed by atoms with Gasteiger partial charge in [-0.05, 0) is 42.0 Å². The van der Waals surface area contributed by atoms with Gasteiger partial charge in [0.15, 0.2) is 6.23 Å². The van der Waals surface area contributed by atoms with E-state index < -0.39 is 18.3 Å². The number of anilines is 3. The van der Waals surface area contributed by atoms with E-state index in [4.69, 9.17) is 33.0 Å². The van der Waals surface area contributed by atoms with Gasteiger partial charge in [-0.15, -0.1) is 0 Å². The standard InChI is InChI=1S/C22H21Cl2N3O5/c1-11(2)21(29)26-15-5-3-14(4-6-15)25-18(28)7-12-8-19(32-22(30)31)27-17-10-13(23)9-16(24)20(12)17/h3-7,9-11,19,27H,8H2,1-2H3,(H,25,28)(H,26,29)(H,30,31)/b12-7+. The molecule has 0 bridgehead atoms. The number of halogens is 2. The maximum Gasteiger partial charge on any atom is 0.507 e. The minimum atomic E-state index is -1.45. The summed E-state index contributed by atoms with van der Waals surface area (Å²) in [5, 5.41) is 18.0. The zero-order valence-corrected chi connectivity index (χ0v) is 18.8. The monoisotopic (exact) mass is 477 g/mol. The highest BCUT2D eigenvalue weighted by Gasteiger charge is 2.27. The third-order valence-corrected chi connectivity index (χ3v) is 5.11. The van der Waals surface area contributed by atoms with Gasteiger partial charge in [-0.3, -0.25) is 9.59 Å². The molecule has 0 aromatic heterocycles. The summed E-state index contributed by atoms with van der Waals surface area (Å²) in [5.74, 6) is -0.692. The molecule has 4 N–H and O–H groups in total. The van der Waals surface area contributed by atoms with Crippen molar-refractivity contribution in [3.8, 4) is 0 Å². The molecular formula is C22H21Cl2N3O5. The van der Waals surface area contributed by atoms with Crippen LogP contribution in [0.5, 0.6) is 0 Å². The molecule has 1 aliphatic heterocycles. The molecule has 0 fully saturated rings. The minimum absolute atomic E-state index is 0.0915. The average Bonchev–Trinajstić information content (AvgIpc) is 2.68. The van der Waals surface area contributed by atoms with Crippen LogP contribution in [0.15, 0.2) is 42.5 Å². The van der Waals surface area contributed by atoms with Gasteiger partial charge in [-0.1, -0.05) is 37.0 Å². The van der Waals surface area contributed by atoms with Gasteiger partial charge >= 0.3 is 6.16 Å². The lowest BCUT2D eigenvalue weighted by atomic mass is 9.95. The van der Waals surface area contributed by atoms with Gasteiger partial charge in [0.1, 0.15) is 0 Å². The molecule has 2 amide bonds. The Kier molecular flexibility index (Phi) is 7.27. The molecule has 32 heavy (non-hydrogen) atoms. The normalized spacial score (nSPS) is 16.2. The fourth-order valence-electron chi connectivity index (χ4n) is 3.12. The second-order valence-electron chi connectivity index (χ2n) is 7.41. The van der Waals surface area contributed by atoms with Crippen LogP contribution in [0, 0.1) is 5.92 Å². The van der Waals surface area contributed by atoms with Crippen LogP contribution in [-0.2, 0) is 14.3 Å². The smallest absolute Gasteiger partial charge is 0.450 e. The molecule has 3 rings (SSSR count). The van der Waals surface area contributed by atoms with Crippen LogP contribution in [0.3, 0.4) is 0 Å². The van der Waals surface area contributed by atoms with Crippen molar-refractivity contribution in [3.05, 3.63) is 58.1 Å². The largest absolute Gasteiger partial charge is 0.507 e. The molecule has 1 aliphatic rings. The Labute approximate surface area is 194 Å². The Hall–Kier alpha value is -3.23. The van der Waals surface area contributed by atoms with E-state index >= 15 is 0 Å². The van der Waals surface area contributed by atoms with Crippen molar-refractivity contribution in [3.63, 3.8) is 0 Å². The number of hydrogen-bond acceptors (Lipinski definition) is 5. The van der Waals surface area contributed by atoms with E-state index in [1.807, 2.05) is 0 Å². The summed E-state index contributed by atoms with van der Waals surface area (Å²) in [6.45, 7) is 3.59. The molecule has 0 spiro atoms. The van der Waals surface area contributed by atoms with Crippen molar-refractivity contribution >= 4 is 63.8 Å². The Morgan fingerprint density at radius 1 is 1.12 bits per heavy atom. The second kappa shape index (κ2) is 9.93. The highest BCUT2D eigenvalue weighted by atomic mass is 35.5. The third kappa shape index (κ3) is 5.93. The molecule has 2 aromatic rings. The van der Waals surface area contributed by atoms with Gasteiger partial charge in [-0.2, -0.15) is 0 Å². The molecule has 10 heteroatoms. The van der Waals surface area contributed by atoms with Crippen LogP contribution in [0.2, 0.25) is 10.0 Å². The van der Waals surface area contributed by atoms with E-state index in [-0.39, 0.29) is 18.2 Å². The maximum absolute atomic E-state index is 12.6. The number of carbonyl (C=O) groups is 3. The Bertz CT molecular complexity index is 1080. The summed E-state index contributed by atoms with van der Waals surface area (Å²) in [6, 6.07) is 9.79. The number of benzene rings is 2. The number of fused-ring (bicyclic) bond motifs is 1. The molecule has 8 nitrogen and oxygen atoms in total. The third-order valence-electron chi connectivity index (χ3n) is 4.59. The molecule has 0 saturated heterocycles. The molecule has 0 aliphatic carbocycles.